The summed E-state index contributed by atoms with van der Waals surface area (Å²) >= 11 is 0. The van der Waals surface area contributed by atoms with E-state index in [9.17, 15) is 9.59 Å². The molecule has 0 radical (unpaired) electrons. The zero-order valence-corrected chi connectivity index (χ0v) is 14.6. The van der Waals surface area contributed by atoms with Crippen molar-refractivity contribution in [3.05, 3.63) is 70.0 Å². The second-order valence-corrected chi connectivity index (χ2v) is 6.57. The van der Waals surface area contributed by atoms with Crippen LogP contribution < -0.4 is 10.9 Å². The number of fused-ring (bicyclic) bond motifs is 2. The molecule has 0 saturated heterocycles. The molecular weight excluding hydrogens is 330 g/mol. The lowest BCUT2D eigenvalue weighted by molar-refractivity contribution is -0.122. The summed E-state index contributed by atoms with van der Waals surface area (Å²) in [5.74, 6) is -0.0415. The summed E-state index contributed by atoms with van der Waals surface area (Å²) in [5.41, 5.74) is 2.94. The summed E-state index contributed by atoms with van der Waals surface area (Å²) in [5, 5.41) is 6.53. The molecule has 1 aliphatic rings. The highest BCUT2D eigenvalue weighted by Gasteiger charge is 2.31. The number of carbonyl (C=O) groups is 1. The lowest BCUT2D eigenvalue weighted by Crippen LogP contribution is -2.28. The highest BCUT2D eigenvalue weighted by Crippen LogP contribution is 2.40. The molecular formula is C20H21N3O3. The Hall–Kier alpha value is -2.86. The van der Waals surface area contributed by atoms with Crippen LogP contribution >= 0.6 is 0 Å². The predicted molar refractivity (Wildman–Crippen MR) is 98.9 cm³/mol. The summed E-state index contributed by atoms with van der Waals surface area (Å²) in [4.78, 5) is 24.4. The topological polar surface area (TPSA) is 76.1 Å². The molecule has 0 saturated carbocycles. The van der Waals surface area contributed by atoms with Crippen LogP contribution in [0.2, 0.25) is 0 Å². The Morgan fingerprint density at radius 3 is 2.73 bits per heavy atom. The van der Waals surface area contributed by atoms with E-state index in [-0.39, 0.29) is 23.6 Å². The molecule has 1 amide bonds. The van der Waals surface area contributed by atoms with Gasteiger partial charge in [0.1, 0.15) is 0 Å². The Bertz CT molecular complexity index is 1000. The molecule has 0 spiro atoms. The molecule has 6 nitrogen and oxygen atoms in total. The molecule has 4 rings (SSSR count). The highest BCUT2D eigenvalue weighted by atomic mass is 16.5. The van der Waals surface area contributed by atoms with Gasteiger partial charge >= 0.3 is 0 Å². The van der Waals surface area contributed by atoms with Crippen LogP contribution in [-0.4, -0.2) is 22.8 Å². The van der Waals surface area contributed by atoms with Crippen molar-refractivity contribution < 1.29 is 9.53 Å². The van der Waals surface area contributed by atoms with Crippen LogP contribution in [0.25, 0.3) is 10.9 Å². The van der Waals surface area contributed by atoms with Gasteiger partial charge in [0.2, 0.25) is 5.91 Å². The van der Waals surface area contributed by atoms with Crippen LogP contribution in [0.4, 0.5) is 0 Å². The van der Waals surface area contributed by atoms with E-state index in [0.717, 1.165) is 23.1 Å². The quantitative estimate of drug-likeness (QED) is 0.742. The minimum atomic E-state index is -0.131. The minimum Gasteiger partial charge on any atom is -0.377 e. The number of benzene rings is 2. The highest BCUT2D eigenvalue weighted by molar-refractivity contribution is 5.79. The second-order valence-electron chi connectivity index (χ2n) is 6.57. The number of aromatic nitrogens is 2. The van der Waals surface area contributed by atoms with Crippen LogP contribution in [0.3, 0.4) is 0 Å². The summed E-state index contributed by atoms with van der Waals surface area (Å²) in [6, 6.07) is 15.4. The SMILES string of the molecule is COC1CC(NC(=O)CCn2[nH]c(=O)c3ccccc32)c2ccccc21. The van der Waals surface area contributed by atoms with Gasteiger partial charge in [-0.3, -0.25) is 19.4 Å². The maximum absolute atomic E-state index is 12.5. The van der Waals surface area contributed by atoms with Crippen molar-refractivity contribution in [2.24, 2.45) is 0 Å². The van der Waals surface area contributed by atoms with E-state index in [1.165, 1.54) is 0 Å². The fourth-order valence-corrected chi connectivity index (χ4v) is 3.75. The molecule has 0 bridgehead atoms. The van der Waals surface area contributed by atoms with Gasteiger partial charge in [0.25, 0.3) is 5.56 Å². The molecule has 1 aliphatic carbocycles. The van der Waals surface area contributed by atoms with Crippen molar-refractivity contribution in [3.8, 4) is 0 Å². The van der Waals surface area contributed by atoms with E-state index in [4.69, 9.17) is 4.74 Å². The first-order chi connectivity index (χ1) is 12.7. The average Bonchev–Trinajstić information content (AvgIpc) is 3.18. The van der Waals surface area contributed by atoms with Crippen molar-refractivity contribution in [2.45, 2.75) is 31.5 Å². The smallest absolute Gasteiger partial charge is 0.271 e. The summed E-state index contributed by atoms with van der Waals surface area (Å²) in [6.07, 6.45) is 1.05. The van der Waals surface area contributed by atoms with Crippen LogP contribution in [0, 0.1) is 0 Å². The van der Waals surface area contributed by atoms with E-state index in [0.29, 0.717) is 18.4 Å². The van der Waals surface area contributed by atoms with Gasteiger partial charge < -0.3 is 10.1 Å². The Balaban J connectivity index is 1.44. The molecule has 2 atom stereocenters. The van der Waals surface area contributed by atoms with Gasteiger partial charge in [0, 0.05) is 26.5 Å². The van der Waals surface area contributed by atoms with Crippen molar-refractivity contribution >= 4 is 16.8 Å². The third kappa shape index (κ3) is 2.93. The molecule has 1 heterocycles. The van der Waals surface area contributed by atoms with E-state index in [2.05, 4.69) is 10.4 Å². The molecule has 26 heavy (non-hydrogen) atoms. The van der Waals surface area contributed by atoms with Gasteiger partial charge in [-0.05, 0) is 23.3 Å². The zero-order valence-electron chi connectivity index (χ0n) is 14.6. The number of methoxy groups -OCH3 is 1. The van der Waals surface area contributed by atoms with Crippen LogP contribution in [-0.2, 0) is 16.1 Å². The number of hydrogen-bond donors (Lipinski definition) is 2. The number of ether oxygens (including phenoxy) is 1. The number of nitrogens with zero attached hydrogens (tertiary/aromatic N) is 1. The van der Waals surface area contributed by atoms with Gasteiger partial charge in [-0.2, -0.15) is 0 Å². The molecule has 2 N–H and O–H groups in total. The molecule has 0 fully saturated rings. The number of aryl methyl sites for hydroxylation is 1. The third-order valence-electron chi connectivity index (χ3n) is 5.03. The Morgan fingerprint density at radius 1 is 1.19 bits per heavy atom. The maximum Gasteiger partial charge on any atom is 0.271 e. The molecule has 2 unspecified atom stereocenters. The number of nitrogens with one attached hydrogen (secondary N) is 2. The standard InChI is InChI=1S/C20H21N3O3/c1-26-18-12-16(13-6-2-3-7-14(13)18)21-19(24)10-11-23-17-9-5-4-8-15(17)20(25)22-23/h2-9,16,18H,10-12H2,1H3,(H,21,24)(H,22,25). The molecule has 0 aliphatic heterocycles. The van der Waals surface area contributed by atoms with Crippen LogP contribution in [0.15, 0.2) is 53.3 Å². The predicted octanol–water partition coefficient (Wildman–Crippen LogP) is 2.67. The molecule has 2 aromatic carbocycles. The number of rotatable bonds is 5. The molecule has 6 heteroatoms. The summed E-state index contributed by atoms with van der Waals surface area (Å²) in [7, 11) is 1.69. The lowest BCUT2D eigenvalue weighted by atomic mass is 10.1. The van der Waals surface area contributed by atoms with Crippen LogP contribution in [0.1, 0.15) is 36.1 Å². The first-order valence-corrected chi connectivity index (χ1v) is 8.76. The van der Waals surface area contributed by atoms with Gasteiger partial charge in [0.15, 0.2) is 0 Å². The number of hydrogen-bond acceptors (Lipinski definition) is 3. The molecule has 134 valence electrons. The zero-order chi connectivity index (χ0) is 18.1. The third-order valence-corrected chi connectivity index (χ3v) is 5.03. The number of carbonyl (C=O) groups excluding carboxylic acids is 1. The second kappa shape index (κ2) is 6.80. The first kappa shape index (κ1) is 16.6. The van der Waals surface area contributed by atoms with Crippen molar-refractivity contribution in [1.29, 1.82) is 0 Å². The van der Waals surface area contributed by atoms with Gasteiger partial charge in [-0.25, -0.2) is 0 Å². The average molecular weight is 351 g/mol. The Morgan fingerprint density at radius 2 is 1.92 bits per heavy atom. The lowest BCUT2D eigenvalue weighted by Gasteiger charge is -2.14. The van der Waals surface area contributed by atoms with Crippen molar-refractivity contribution in [3.63, 3.8) is 0 Å². The molecule has 1 aromatic heterocycles. The van der Waals surface area contributed by atoms with Gasteiger partial charge in [-0.15, -0.1) is 0 Å². The van der Waals surface area contributed by atoms with Crippen LogP contribution in [0.5, 0.6) is 0 Å². The Labute approximate surface area is 150 Å². The monoisotopic (exact) mass is 351 g/mol. The summed E-state index contributed by atoms with van der Waals surface area (Å²) < 4.78 is 7.27. The normalized spacial score (nSPS) is 18.8. The van der Waals surface area contributed by atoms with Crippen molar-refractivity contribution in [1.82, 2.24) is 15.1 Å². The minimum absolute atomic E-state index is 0.0150. The number of H-pyrrole nitrogens is 1. The number of amides is 1. The largest absolute Gasteiger partial charge is 0.377 e. The van der Waals surface area contributed by atoms with Gasteiger partial charge in [0.05, 0.1) is 23.0 Å². The fourth-order valence-electron chi connectivity index (χ4n) is 3.75. The number of aromatic amines is 1. The van der Waals surface area contributed by atoms with E-state index < -0.39 is 0 Å². The van der Waals surface area contributed by atoms with Gasteiger partial charge in [-0.1, -0.05) is 36.4 Å². The maximum atomic E-state index is 12.5. The Kier molecular flexibility index (Phi) is 4.34. The van der Waals surface area contributed by atoms with E-state index in [1.54, 1.807) is 17.9 Å². The fraction of sp³-hybridized carbons (Fsp3) is 0.300. The van der Waals surface area contributed by atoms with E-state index in [1.807, 2.05) is 42.5 Å². The van der Waals surface area contributed by atoms with Crippen molar-refractivity contribution in [2.75, 3.05) is 7.11 Å². The molecule has 3 aromatic rings. The number of para-hydroxylation sites is 1. The first-order valence-electron chi connectivity index (χ1n) is 8.76. The van der Waals surface area contributed by atoms with E-state index >= 15 is 0 Å². The summed E-state index contributed by atoms with van der Waals surface area (Å²) in [6.45, 7) is 0.427.